The van der Waals surface area contributed by atoms with Crippen molar-refractivity contribution < 1.29 is 14.3 Å². The molecule has 0 saturated heterocycles. The smallest absolute Gasteiger partial charge is 0.123 e. The van der Waals surface area contributed by atoms with Gasteiger partial charge in [-0.15, -0.1) is 0 Å². The van der Waals surface area contributed by atoms with E-state index in [1.807, 2.05) is 24.3 Å². The molecule has 0 bridgehead atoms. The van der Waals surface area contributed by atoms with Crippen LogP contribution in [-0.4, -0.2) is 19.0 Å². The highest BCUT2D eigenvalue weighted by Crippen LogP contribution is 2.39. The Hall–Kier alpha value is -1.35. The number of hydrogen-bond acceptors (Lipinski definition) is 3. The zero-order valence-corrected chi connectivity index (χ0v) is 10.3. The largest absolute Gasteiger partial charge is 0.497 e. The molecule has 0 aromatic heterocycles. The molecule has 0 amide bonds. The van der Waals surface area contributed by atoms with Crippen LogP contribution in [0.25, 0.3) is 0 Å². The number of methoxy groups -OCH3 is 1. The third kappa shape index (κ3) is 2.86. The van der Waals surface area contributed by atoms with E-state index < -0.39 is 0 Å². The van der Waals surface area contributed by atoms with Crippen molar-refractivity contribution in [2.75, 3.05) is 7.11 Å². The molecule has 3 nitrogen and oxygen atoms in total. The Kier molecular flexibility index (Phi) is 3.48. The average Bonchev–Trinajstić information content (AvgIpc) is 2.33. The van der Waals surface area contributed by atoms with Crippen molar-refractivity contribution in [2.24, 2.45) is 5.92 Å². The average molecular weight is 234 g/mol. The molecule has 0 aliphatic heterocycles. The summed E-state index contributed by atoms with van der Waals surface area (Å²) in [6, 6.07) is 7.85. The number of carbonyl (C=O) groups excluding carboxylic acids is 1. The summed E-state index contributed by atoms with van der Waals surface area (Å²) in [4.78, 5) is 10.6. The summed E-state index contributed by atoms with van der Waals surface area (Å²) in [7, 11) is 1.65. The first-order valence-corrected chi connectivity index (χ1v) is 5.87. The Morgan fingerprint density at radius 3 is 2.53 bits per heavy atom. The molecule has 0 spiro atoms. The summed E-state index contributed by atoms with van der Waals surface area (Å²) in [5.74, 6) is 1.04. The number of ether oxygens (including phenoxy) is 2. The van der Waals surface area contributed by atoms with Crippen LogP contribution in [0.15, 0.2) is 24.3 Å². The van der Waals surface area contributed by atoms with Gasteiger partial charge in [-0.05, 0) is 37.5 Å². The lowest BCUT2D eigenvalue weighted by atomic mass is 9.73. The van der Waals surface area contributed by atoms with Crippen LogP contribution in [0.2, 0.25) is 0 Å². The van der Waals surface area contributed by atoms with Crippen LogP contribution in [0.1, 0.15) is 25.3 Å². The van der Waals surface area contributed by atoms with Gasteiger partial charge in [0.15, 0.2) is 0 Å². The second-order valence-corrected chi connectivity index (χ2v) is 4.89. The summed E-state index contributed by atoms with van der Waals surface area (Å²) in [5.41, 5.74) is 1.01. The van der Waals surface area contributed by atoms with Crippen LogP contribution >= 0.6 is 0 Å². The monoisotopic (exact) mass is 234 g/mol. The molecule has 0 N–H and O–H groups in total. The van der Waals surface area contributed by atoms with E-state index in [0.29, 0.717) is 6.61 Å². The highest BCUT2D eigenvalue weighted by Gasteiger charge is 2.40. The van der Waals surface area contributed by atoms with Gasteiger partial charge in [0.2, 0.25) is 0 Å². The molecular formula is C14H18O3. The van der Waals surface area contributed by atoms with Gasteiger partial charge in [-0.3, -0.25) is 0 Å². The lowest BCUT2D eigenvalue weighted by molar-refractivity contribution is -0.141. The maximum atomic E-state index is 10.6. The lowest BCUT2D eigenvalue weighted by Crippen LogP contribution is -2.43. The fourth-order valence-corrected chi connectivity index (χ4v) is 2.24. The normalized spacial score (nSPS) is 27.3. The van der Waals surface area contributed by atoms with Gasteiger partial charge >= 0.3 is 0 Å². The number of hydrogen-bond donors (Lipinski definition) is 0. The zero-order chi connectivity index (χ0) is 12.3. The molecule has 92 valence electrons. The third-order valence-electron chi connectivity index (χ3n) is 3.33. The van der Waals surface area contributed by atoms with Gasteiger partial charge in [0, 0.05) is 5.92 Å². The molecule has 0 radical (unpaired) electrons. The molecule has 1 aliphatic rings. The van der Waals surface area contributed by atoms with E-state index in [2.05, 4.69) is 6.92 Å². The summed E-state index contributed by atoms with van der Waals surface area (Å²) in [6.07, 6.45) is 2.71. The minimum absolute atomic E-state index is 0.120. The molecule has 1 saturated carbocycles. The summed E-state index contributed by atoms with van der Waals surface area (Å²) >= 11 is 0. The molecule has 2 rings (SSSR count). The zero-order valence-electron chi connectivity index (χ0n) is 10.3. The minimum atomic E-state index is -0.120. The number of carbonyl (C=O) groups is 1. The van der Waals surface area contributed by atoms with E-state index in [4.69, 9.17) is 9.47 Å². The Balaban J connectivity index is 1.83. The summed E-state index contributed by atoms with van der Waals surface area (Å²) in [6.45, 7) is 2.66. The van der Waals surface area contributed by atoms with Crippen molar-refractivity contribution in [3.8, 4) is 5.75 Å². The van der Waals surface area contributed by atoms with E-state index >= 15 is 0 Å². The van der Waals surface area contributed by atoms with Crippen molar-refractivity contribution in [2.45, 2.75) is 32.0 Å². The second kappa shape index (κ2) is 4.88. The quantitative estimate of drug-likeness (QED) is 0.734. The third-order valence-corrected chi connectivity index (χ3v) is 3.33. The Morgan fingerprint density at radius 2 is 2.00 bits per heavy atom. The molecule has 1 fully saturated rings. The Morgan fingerprint density at radius 1 is 1.35 bits per heavy atom. The molecule has 1 aromatic carbocycles. The van der Waals surface area contributed by atoms with Crippen LogP contribution in [-0.2, 0) is 16.1 Å². The molecule has 1 aliphatic carbocycles. The maximum absolute atomic E-state index is 10.6. The molecule has 1 aromatic rings. The van der Waals surface area contributed by atoms with E-state index in [-0.39, 0.29) is 11.5 Å². The summed E-state index contributed by atoms with van der Waals surface area (Å²) in [5, 5.41) is 0. The Labute approximate surface area is 102 Å². The molecule has 3 heteroatoms. The fraction of sp³-hybridized carbons (Fsp3) is 0.500. The molecule has 0 unspecified atom stereocenters. The standard InChI is InChI=1S/C14H18O3/c1-14(7-12(8-14)9-15)17-10-11-3-5-13(16-2)6-4-11/h3-6,9,12H,7-8,10H2,1-2H3. The van der Waals surface area contributed by atoms with Crippen LogP contribution in [0.3, 0.4) is 0 Å². The van der Waals surface area contributed by atoms with Gasteiger partial charge in [0.1, 0.15) is 12.0 Å². The minimum Gasteiger partial charge on any atom is -0.497 e. The predicted octanol–water partition coefficient (Wildman–Crippen LogP) is 2.58. The van der Waals surface area contributed by atoms with Crippen molar-refractivity contribution in [3.05, 3.63) is 29.8 Å². The first-order valence-electron chi connectivity index (χ1n) is 5.87. The van der Waals surface area contributed by atoms with Gasteiger partial charge in [0.25, 0.3) is 0 Å². The van der Waals surface area contributed by atoms with E-state index in [0.717, 1.165) is 30.4 Å². The number of benzene rings is 1. The predicted molar refractivity (Wildman–Crippen MR) is 65.0 cm³/mol. The summed E-state index contributed by atoms with van der Waals surface area (Å²) < 4.78 is 11.0. The van der Waals surface area contributed by atoms with Crippen molar-refractivity contribution >= 4 is 6.29 Å². The first kappa shape index (κ1) is 12.1. The van der Waals surface area contributed by atoms with Gasteiger partial charge in [-0.1, -0.05) is 12.1 Å². The lowest BCUT2D eigenvalue weighted by Gasteiger charge is -2.42. The van der Waals surface area contributed by atoms with Crippen molar-refractivity contribution in [1.29, 1.82) is 0 Å². The van der Waals surface area contributed by atoms with Gasteiger partial charge in [-0.25, -0.2) is 0 Å². The first-order chi connectivity index (χ1) is 8.15. The number of rotatable bonds is 5. The van der Waals surface area contributed by atoms with Crippen LogP contribution in [0.4, 0.5) is 0 Å². The van der Waals surface area contributed by atoms with E-state index in [9.17, 15) is 4.79 Å². The van der Waals surface area contributed by atoms with Gasteiger partial charge in [-0.2, -0.15) is 0 Å². The number of aldehydes is 1. The van der Waals surface area contributed by atoms with Crippen molar-refractivity contribution in [3.63, 3.8) is 0 Å². The SMILES string of the molecule is COc1ccc(COC2(C)CC(C=O)C2)cc1. The van der Waals surface area contributed by atoms with Crippen LogP contribution in [0, 0.1) is 5.92 Å². The second-order valence-electron chi connectivity index (χ2n) is 4.89. The molecular weight excluding hydrogens is 216 g/mol. The van der Waals surface area contributed by atoms with E-state index in [1.165, 1.54) is 0 Å². The molecule has 0 atom stereocenters. The maximum Gasteiger partial charge on any atom is 0.123 e. The Bertz CT molecular complexity index is 377. The van der Waals surface area contributed by atoms with E-state index in [1.54, 1.807) is 7.11 Å². The molecule has 17 heavy (non-hydrogen) atoms. The van der Waals surface area contributed by atoms with Gasteiger partial charge < -0.3 is 14.3 Å². The van der Waals surface area contributed by atoms with Crippen LogP contribution < -0.4 is 4.74 Å². The van der Waals surface area contributed by atoms with Crippen LogP contribution in [0.5, 0.6) is 5.75 Å². The van der Waals surface area contributed by atoms with Gasteiger partial charge in [0.05, 0.1) is 19.3 Å². The fourth-order valence-electron chi connectivity index (χ4n) is 2.24. The topological polar surface area (TPSA) is 35.5 Å². The highest BCUT2D eigenvalue weighted by molar-refractivity contribution is 5.55. The highest BCUT2D eigenvalue weighted by atomic mass is 16.5. The van der Waals surface area contributed by atoms with Crippen molar-refractivity contribution in [1.82, 2.24) is 0 Å². The molecule has 0 heterocycles.